The van der Waals surface area contributed by atoms with E-state index in [0.717, 1.165) is 30.8 Å². The number of carbonyl (C=O) groups is 1. The predicted octanol–water partition coefficient (Wildman–Crippen LogP) is 3.67. The molecule has 3 rings (SSSR count). The van der Waals surface area contributed by atoms with Gasteiger partial charge >= 0.3 is 0 Å². The van der Waals surface area contributed by atoms with Crippen LogP contribution in [0.3, 0.4) is 0 Å². The monoisotopic (exact) mass is 358 g/mol. The number of rotatable bonds is 3. The first-order valence-corrected chi connectivity index (χ1v) is 9.25. The number of fused-ring (bicyclic) bond motifs is 1. The van der Waals surface area contributed by atoms with Crippen molar-refractivity contribution in [2.24, 2.45) is 17.6 Å². The molecule has 0 radical (unpaired) electrons. The normalized spacial score (nSPS) is 28.7. The number of hydrogen-bond donors (Lipinski definition) is 1. The third-order valence-electron chi connectivity index (χ3n) is 4.77. The van der Waals surface area contributed by atoms with Crippen molar-refractivity contribution in [3.8, 4) is 0 Å². The number of benzene rings is 1. The van der Waals surface area contributed by atoms with Crippen molar-refractivity contribution in [1.82, 2.24) is 4.90 Å². The van der Waals surface area contributed by atoms with Crippen molar-refractivity contribution in [2.45, 2.75) is 36.0 Å². The Morgan fingerprint density at radius 3 is 2.86 bits per heavy atom. The summed E-state index contributed by atoms with van der Waals surface area (Å²) < 4.78 is 0. The lowest BCUT2D eigenvalue weighted by Gasteiger charge is -2.22. The Balaban J connectivity index is 1.64. The molecule has 1 aliphatic carbocycles. The zero-order valence-corrected chi connectivity index (χ0v) is 14.8. The molecule has 4 atom stereocenters. The number of nitrogens with zero attached hydrogens (tertiary/aromatic N) is 1. The molecule has 1 saturated heterocycles. The van der Waals surface area contributed by atoms with Crippen LogP contribution in [0.15, 0.2) is 23.1 Å². The molecule has 0 aromatic heterocycles. The first-order chi connectivity index (χ1) is 10.5. The van der Waals surface area contributed by atoms with E-state index >= 15 is 0 Å². The summed E-state index contributed by atoms with van der Waals surface area (Å²) in [5.74, 6) is 1.24. The van der Waals surface area contributed by atoms with Gasteiger partial charge in [-0.2, -0.15) is 0 Å². The average molecular weight is 359 g/mol. The van der Waals surface area contributed by atoms with Gasteiger partial charge in [0.25, 0.3) is 0 Å². The zero-order valence-electron chi connectivity index (χ0n) is 12.5. The molecule has 0 bridgehead atoms. The van der Waals surface area contributed by atoms with Crippen LogP contribution in [0.5, 0.6) is 0 Å². The van der Waals surface area contributed by atoms with E-state index in [1.54, 1.807) is 12.1 Å². The van der Waals surface area contributed by atoms with E-state index < -0.39 is 0 Å². The highest BCUT2D eigenvalue weighted by molar-refractivity contribution is 8.00. The molecule has 1 aliphatic heterocycles. The molecule has 2 aliphatic rings. The molecule has 120 valence electrons. The number of likely N-dealkylation sites (tertiary alicyclic amines) is 1. The molecule has 2 fully saturated rings. The quantitative estimate of drug-likeness (QED) is 0.838. The predicted molar refractivity (Wildman–Crippen MR) is 92.6 cm³/mol. The summed E-state index contributed by atoms with van der Waals surface area (Å²) in [6, 6.07) is 5.59. The van der Waals surface area contributed by atoms with E-state index in [0.29, 0.717) is 21.9 Å². The Morgan fingerprint density at radius 1 is 1.36 bits per heavy atom. The van der Waals surface area contributed by atoms with Gasteiger partial charge in [0.1, 0.15) is 0 Å². The van der Waals surface area contributed by atoms with Crippen LogP contribution in [0, 0.1) is 11.8 Å². The topological polar surface area (TPSA) is 46.3 Å². The summed E-state index contributed by atoms with van der Waals surface area (Å²) in [5, 5.41) is 1.09. The van der Waals surface area contributed by atoms with Crippen molar-refractivity contribution in [3.63, 3.8) is 0 Å². The molecule has 3 nitrogen and oxygen atoms in total. The van der Waals surface area contributed by atoms with Crippen molar-refractivity contribution >= 4 is 40.9 Å². The van der Waals surface area contributed by atoms with Crippen LogP contribution in [-0.4, -0.2) is 35.2 Å². The Labute approximate surface area is 145 Å². The van der Waals surface area contributed by atoms with Gasteiger partial charge in [-0.1, -0.05) is 23.2 Å². The molecule has 1 aromatic rings. The summed E-state index contributed by atoms with van der Waals surface area (Å²) in [6.07, 6.45) is 2.25. The highest BCUT2D eigenvalue weighted by Gasteiger charge is 2.43. The van der Waals surface area contributed by atoms with Crippen LogP contribution in [0.25, 0.3) is 0 Å². The van der Waals surface area contributed by atoms with Gasteiger partial charge in [-0.05, 0) is 49.8 Å². The van der Waals surface area contributed by atoms with Gasteiger partial charge in [0.05, 0.1) is 10.3 Å². The van der Waals surface area contributed by atoms with E-state index in [2.05, 4.69) is 0 Å². The Hall–Kier alpha value is -0.420. The molecule has 1 amide bonds. The third kappa shape index (κ3) is 3.25. The molecule has 4 unspecified atom stereocenters. The highest BCUT2D eigenvalue weighted by Crippen LogP contribution is 2.39. The standard InChI is InChI=1S/C16H20Cl2N2OS/c1-9(22-15-6-11(17)3-4-13(15)18)16(21)20-7-10-2-5-14(19)12(10)8-20/h3-4,6,9-10,12,14H,2,5,7-8,19H2,1H3. The van der Waals surface area contributed by atoms with Crippen LogP contribution in [0.1, 0.15) is 19.8 Å². The summed E-state index contributed by atoms with van der Waals surface area (Å²) in [5.41, 5.74) is 6.14. The number of nitrogens with two attached hydrogens (primary N) is 1. The first-order valence-electron chi connectivity index (χ1n) is 7.62. The minimum absolute atomic E-state index is 0.169. The van der Waals surface area contributed by atoms with Gasteiger partial charge in [0.15, 0.2) is 0 Å². The van der Waals surface area contributed by atoms with Crippen LogP contribution in [0.2, 0.25) is 10.0 Å². The molecular weight excluding hydrogens is 339 g/mol. The molecule has 1 heterocycles. The third-order valence-corrected chi connectivity index (χ3v) is 6.59. The summed E-state index contributed by atoms with van der Waals surface area (Å²) in [4.78, 5) is 15.5. The number of thioether (sulfide) groups is 1. The number of amides is 1. The maximum absolute atomic E-state index is 12.7. The number of hydrogen-bond acceptors (Lipinski definition) is 3. The SMILES string of the molecule is CC(Sc1cc(Cl)ccc1Cl)C(=O)N1CC2CCC(N)C2C1. The second kappa shape index (κ2) is 6.60. The summed E-state index contributed by atoms with van der Waals surface area (Å²) >= 11 is 13.7. The van der Waals surface area contributed by atoms with Gasteiger partial charge in [0.2, 0.25) is 5.91 Å². The van der Waals surface area contributed by atoms with E-state index in [9.17, 15) is 4.79 Å². The number of halogens is 2. The van der Waals surface area contributed by atoms with Crippen molar-refractivity contribution in [2.75, 3.05) is 13.1 Å². The molecule has 0 spiro atoms. The Kier molecular flexibility index (Phi) is 4.93. The van der Waals surface area contributed by atoms with Gasteiger partial charge < -0.3 is 10.6 Å². The van der Waals surface area contributed by atoms with Gasteiger partial charge in [0, 0.05) is 29.0 Å². The lowest BCUT2D eigenvalue weighted by Crippen LogP contribution is -2.37. The van der Waals surface area contributed by atoms with Gasteiger partial charge in [-0.3, -0.25) is 4.79 Å². The van der Waals surface area contributed by atoms with Crippen molar-refractivity contribution < 1.29 is 4.79 Å². The van der Waals surface area contributed by atoms with E-state index in [4.69, 9.17) is 28.9 Å². The van der Waals surface area contributed by atoms with Gasteiger partial charge in [-0.15, -0.1) is 11.8 Å². The zero-order chi connectivity index (χ0) is 15.9. The summed E-state index contributed by atoms with van der Waals surface area (Å²) in [7, 11) is 0. The maximum atomic E-state index is 12.7. The van der Waals surface area contributed by atoms with Crippen molar-refractivity contribution in [3.05, 3.63) is 28.2 Å². The average Bonchev–Trinajstić information content (AvgIpc) is 3.04. The van der Waals surface area contributed by atoms with Crippen LogP contribution in [0.4, 0.5) is 0 Å². The minimum atomic E-state index is -0.175. The van der Waals surface area contributed by atoms with E-state index in [-0.39, 0.29) is 17.2 Å². The fraction of sp³-hybridized carbons (Fsp3) is 0.562. The smallest absolute Gasteiger partial charge is 0.235 e. The second-order valence-corrected chi connectivity index (χ2v) is 8.47. The lowest BCUT2D eigenvalue weighted by atomic mass is 9.98. The molecule has 6 heteroatoms. The van der Waals surface area contributed by atoms with Crippen LogP contribution >= 0.6 is 35.0 Å². The van der Waals surface area contributed by atoms with Crippen LogP contribution in [-0.2, 0) is 4.79 Å². The number of carbonyl (C=O) groups excluding carboxylic acids is 1. The lowest BCUT2D eigenvalue weighted by molar-refractivity contribution is -0.129. The Morgan fingerprint density at radius 2 is 2.14 bits per heavy atom. The second-order valence-electron chi connectivity index (χ2n) is 6.24. The van der Waals surface area contributed by atoms with Crippen molar-refractivity contribution in [1.29, 1.82) is 0 Å². The molecule has 22 heavy (non-hydrogen) atoms. The van der Waals surface area contributed by atoms with Gasteiger partial charge in [-0.25, -0.2) is 0 Å². The molecular formula is C16H20Cl2N2OS. The minimum Gasteiger partial charge on any atom is -0.341 e. The van der Waals surface area contributed by atoms with E-state index in [1.165, 1.54) is 11.8 Å². The highest BCUT2D eigenvalue weighted by atomic mass is 35.5. The van der Waals surface area contributed by atoms with E-state index in [1.807, 2.05) is 17.9 Å². The van der Waals surface area contributed by atoms with Crippen LogP contribution < -0.4 is 5.73 Å². The first kappa shape index (κ1) is 16.4. The molecule has 2 N–H and O–H groups in total. The fourth-order valence-corrected chi connectivity index (χ4v) is 5.05. The molecule has 1 aromatic carbocycles. The Bertz CT molecular complexity index is 583. The summed E-state index contributed by atoms with van der Waals surface area (Å²) in [6.45, 7) is 3.59. The molecule has 1 saturated carbocycles. The fourth-order valence-electron chi connectivity index (χ4n) is 3.55. The largest absolute Gasteiger partial charge is 0.341 e. The maximum Gasteiger partial charge on any atom is 0.235 e.